The average molecular weight is 357 g/mol. The number of amides is 1. The molecule has 1 fully saturated rings. The third kappa shape index (κ3) is 3.96. The second-order valence-electron chi connectivity index (χ2n) is 6.61. The van der Waals surface area contributed by atoms with Crippen LogP contribution in [0.4, 0.5) is 0 Å². The number of rotatable bonds is 5. The van der Waals surface area contributed by atoms with Crippen molar-refractivity contribution in [1.29, 1.82) is 0 Å². The molecule has 1 aromatic heterocycles. The summed E-state index contributed by atoms with van der Waals surface area (Å²) in [7, 11) is -2.29. The van der Waals surface area contributed by atoms with Crippen molar-refractivity contribution in [3.8, 4) is 0 Å². The standard InChI is InChI=1S/C15H27N5O3S/c1-6-20-9-12(11(4)17-20)13-7-14(15(21)16-8-10(2)3)19(5)24(22,23)18-13/h9-10,13-14,18H,6-8H2,1-5H3,(H,16,21)/t13-,14-/m0/s1. The van der Waals surface area contributed by atoms with Gasteiger partial charge in [0.25, 0.3) is 10.2 Å². The Hall–Kier alpha value is -1.45. The Labute approximate surface area is 143 Å². The predicted octanol–water partition coefficient (Wildman–Crippen LogP) is 0.563. The Bertz CT molecular complexity index is 698. The molecule has 8 nitrogen and oxygen atoms in total. The highest BCUT2D eigenvalue weighted by atomic mass is 32.2. The number of carbonyl (C=O) groups is 1. The first kappa shape index (κ1) is 18.9. The Kier molecular flexibility index (Phi) is 5.67. The molecular formula is C15H27N5O3S. The first-order chi connectivity index (χ1) is 11.2. The fourth-order valence-corrected chi connectivity index (χ4v) is 4.04. The molecular weight excluding hydrogens is 330 g/mol. The zero-order valence-corrected chi connectivity index (χ0v) is 15.7. The van der Waals surface area contributed by atoms with E-state index in [2.05, 4.69) is 15.1 Å². The van der Waals surface area contributed by atoms with E-state index in [0.29, 0.717) is 25.4 Å². The van der Waals surface area contributed by atoms with Crippen LogP contribution in [0.2, 0.25) is 0 Å². The van der Waals surface area contributed by atoms with Crippen molar-refractivity contribution >= 4 is 16.1 Å². The second-order valence-corrected chi connectivity index (χ2v) is 8.37. The molecule has 1 aliphatic rings. The molecule has 2 N–H and O–H groups in total. The summed E-state index contributed by atoms with van der Waals surface area (Å²) in [5.41, 5.74) is 1.59. The van der Waals surface area contributed by atoms with Gasteiger partial charge in [0.1, 0.15) is 6.04 Å². The van der Waals surface area contributed by atoms with Gasteiger partial charge in [-0.15, -0.1) is 0 Å². The van der Waals surface area contributed by atoms with Crippen molar-refractivity contribution < 1.29 is 13.2 Å². The van der Waals surface area contributed by atoms with Gasteiger partial charge >= 0.3 is 0 Å². The van der Waals surface area contributed by atoms with E-state index in [1.807, 2.05) is 33.9 Å². The zero-order valence-electron chi connectivity index (χ0n) is 14.9. The number of aryl methyl sites for hydroxylation is 2. The maximum absolute atomic E-state index is 12.5. The minimum atomic E-state index is -3.72. The third-order valence-electron chi connectivity index (χ3n) is 4.24. The monoisotopic (exact) mass is 357 g/mol. The van der Waals surface area contributed by atoms with Crippen LogP contribution in [-0.2, 0) is 21.5 Å². The van der Waals surface area contributed by atoms with Crippen LogP contribution >= 0.6 is 0 Å². The lowest BCUT2D eigenvalue weighted by Crippen LogP contribution is -2.57. The van der Waals surface area contributed by atoms with Gasteiger partial charge in [-0.3, -0.25) is 9.48 Å². The molecule has 0 aliphatic carbocycles. The van der Waals surface area contributed by atoms with Gasteiger partial charge in [-0.2, -0.15) is 22.5 Å². The topological polar surface area (TPSA) is 96.3 Å². The van der Waals surface area contributed by atoms with Gasteiger partial charge in [0, 0.05) is 31.9 Å². The highest BCUT2D eigenvalue weighted by Gasteiger charge is 2.41. The second kappa shape index (κ2) is 7.20. The summed E-state index contributed by atoms with van der Waals surface area (Å²) in [6.07, 6.45) is 2.22. The Morgan fingerprint density at radius 3 is 2.71 bits per heavy atom. The fraction of sp³-hybridized carbons (Fsp3) is 0.733. The van der Waals surface area contributed by atoms with Crippen LogP contribution in [0.3, 0.4) is 0 Å². The molecule has 2 heterocycles. The van der Waals surface area contributed by atoms with Crippen LogP contribution in [0, 0.1) is 12.8 Å². The molecule has 1 amide bonds. The van der Waals surface area contributed by atoms with E-state index >= 15 is 0 Å². The van der Waals surface area contributed by atoms with Crippen LogP contribution in [0.1, 0.15) is 44.5 Å². The van der Waals surface area contributed by atoms with Crippen molar-refractivity contribution in [3.63, 3.8) is 0 Å². The molecule has 0 bridgehead atoms. The number of aromatic nitrogens is 2. The number of likely N-dealkylation sites (N-methyl/N-ethyl adjacent to an activating group) is 1. The Morgan fingerprint density at radius 2 is 2.17 bits per heavy atom. The number of hydrogen-bond donors (Lipinski definition) is 2. The quantitative estimate of drug-likeness (QED) is 0.805. The molecule has 2 atom stereocenters. The molecule has 0 aromatic carbocycles. The van der Waals surface area contributed by atoms with Crippen LogP contribution in [0.15, 0.2) is 6.20 Å². The SMILES string of the molecule is CCn1cc([C@@H]2C[C@@H](C(=O)NCC(C)C)N(C)S(=O)(=O)N2)c(C)n1. The molecule has 0 spiro atoms. The smallest absolute Gasteiger partial charge is 0.280 e. The minimum Gasteiger partial charge on any atom is -0.354 e. The van der Waals surface area contributed by atoms with Crippen molar-refractivity contribution in [2.24, 2.45) is 5.92 Å². The van der Waals surface area contributed by atoms with Crippen molar-refractivity contribution in [2.45, 2.75) is 52.7 Å². The van der Waals surface area contributed by atoms with E-state index in [1.54, 1.807) is 4.68 Å². The van der Waals surface area contributed by atoms with Gasteiger partial charge in [0.05, 0.1) is 11.7 Å². The van der Waals surface area contributed by atoms with E-state index < -0.39 is 22.3 Å². The Morgan fingerprint density at radius 1 is 1.50 bits per heavy atom. The summed E-state index contributed by atoms with van der Waals surface area (Å²) in [4.78, 5) is 12.5. The molecule has 0 unspecified atom stereocenters. The lowest BCUT2D eigenvalue weighted by Gasteiger charge is -2.36. The lowest BCUT2D eigenvalue weighted by atomic mass is 10.00. The van der Waals surface area contributed by atoms with E-state index in [-0.39, 0.29) is 5.91 Å². The first-order valence-electron chi connectivity index (χ1n) is 8.22. The summed E-state index contributed by atoms with van der Waals surface area (Å²) < 4.78 is 30.4. The maximum Gasteiger partial charge on any atom is 0.280 e. The molecule has 1 saturated heterocycles. The van der Waals surface area contributed by atoms with E-state index in [9.17, 15) is 13.2 Å². The molecule has 9 heteroatoms. The maximum atomic E-state index is 12.5. The van der Waals surface area contributed by atoms with Crippen molar-refractivity contribution in [2.75, 3.05) is 13.6 Å². The summed E-state index contributed by atoms with van der Waals surface area (Å²) in [5.74, 6) is 0.0419. The predicted molar refractivity (Wildman–Crippen MR) is 91.5 cm³/mol. The molecule has 2 rings (SSSR count). The van der Waals surface area contributed by atoms with Crippen LogP contribution in [0.5, 0.6) is 0 Å². The molecule has 136 valence electrons. The Balaban J connectivity index is 2.26. The molecule has 0 saturated carbocycles. The first-order valence-corrected chi connectivity index (χ1v) is 9.66. The van der Waals surface area contributed by atoms with Crippen molar-refractivity contribution in [1.82, 2.24) is 24.1 Å². The molecule has 0 radical (unpaired) electrons. The average Bonchev–Trinajstić information content (AvgIpc) is 2.88. The van der Waals surface area contributed by atoms with Gasteiger partial charge in [-0.1, -0.05) is 13.8 Å². The van der Waals surface area contributed by atoms with E-state index in [4.69, 9.17) is 0 Å². The highest BCUT2D eigenvalue weighted by Crippen LogP contribution is 2.29. The summed E-state index contributed by atoms with van der Waals surface area (Å²) in [5, 5.41) is 7.20. The van der Waals surface area contributed by atoms with Crippen LogP contribution in [0.25, 0.3) is 0 Å². The number of nitrogens with one attached hydrogen (secondary N) is 2. The summed E-state index contributed by atoms with van der Waals surface area (Å²) in [6.45, 7) is 9.04. The van der Waals surface area contributed by atoms with Gasteiger partial charge in [-0.05, 0) is 26.2 Å². The van der Waals surface area contributed by atoms with Crippen LogP contribution in [-0.4, -0.2) is 48.0 Å². The van der Waals surface area contributed by atoms with Gasteiger partial charge in [-0.25, -0.2) is 0 Å². The van der Waals surface area contributed by atoms with Crippen molar-refractivity contribution in [3.05, 3.63) is 17.5 Å². The molecule has 24 heavy (non-hydrogen) atoms. The van der Waals surface area contributed by atoms with Crippen LogP contribution < -0.4 is 10.0 Å². The molecule has 1 aromatic rings. The number of hydrogen-bond acceptors (Lipinski definition) is 4. The van der Waals surface area contributed by atoms with E-state index in [0.717, 1.165) is 15.6 Å². The third-order valence-corrected chi connectivity index (χ3v) is 5.83. The number of carbonyl (C=O) groups excluding carboxylic acids is 1. The van der Waals surface area contributed by atoms with Gasteiger partial charge < -0.3 is 5.32 Å². The normalized spacial score (nSPS) is 24.2. The highest BCUT2D eigenvalue weighted by molar-refractivity contribution is 7.87. The number of nitrogens with zero attached hydrogens (tertiary/aromatic N) is 3. The van der Waals surface area contributed by atoms with E-state index in [1.165, 1.54) is 7.05 Å². The fourth-order valence-electron chi connectivity index (χ4n) is 2.77. The lowest BCUT2D eigenvalue weighted by molar-refractivity contribution is -0.125. The molecule has 1 aliphatic heterocycles. The minimum absolute atomic E-state index is 0.262. The summed E-state index contributed by atoms with van der Waals surface area (Å²) in [6, 6.07) is -1.19. The summed E-state index contributed by atoms with van der Waals surface area (Å²) >= 11 is 0. The zero-order chi connectivity index (χ0) is 18.1. The largest absolute Gasteiger partial charge is 0.354 e. The van der Waals surface area contributed by atoms with Gasteiger partial charge in [0.15, 0.2) is 0 Å². The van der Waals surface area contributed by atoms with Gasteiger partial charge in [0.2, 0.25) is 5.91 Å².